The number of hydrogen-bond donors (Lipinski definition) is 0. The maximum Gasteiger partial charge on any atom is 0.352 e. The van der Waals surface area contributed by atoms with Crippen molar-refractivity contribution in [3.05, 3.63) is 51.3 Å². The third-order valence-electron chi connectivity index (χ3n) is 8.83. The van der Waals surface area contributed by atoms with Gasteiger partial charge in [0.2, 0.25) is 0 Å². The summed E-state index contributed by atoms with van der Waals surface area (Å²) in [6.45, 7) is 3.12. The molecular formula is C22H21N3O6. The third-order valence-corrected chi connectivity index (χ3v) is 8.83. The smallest absolute Gasteiger partial charge is 0.352 e. The van der Waals surface area contributed by atoms with Gasteiger partial charge in [0.15, 0.2) is 0 Å². The number of ether oxygens (including phenoxy) is 2. The average molecular weight is 423 g/mol. The van der Waals surface area contributed by atoms with Gasteiger partial charge in [-0.2, -0.15) is 0 Å². The molecule has 2 aromatic rings. The number of benzene rings is 1. The molecule has 0 amide bonds. The van der Waals surface area contributed by atoms with E-state index in [0.29, 0.717) is 23.4 Å². The van der Waals surface area contributed by atoms with Gasteiger partial charge in [0.05, 0.1) is 17.8 Å². The Balaban J connectivity index is 1.44. The zero-order chi connectivity index (χ0) is 21.4. The molecule has 8 atom stereocenters. The van der Waals surface area contributed by atoms with Gasteiger partial charge < -0.3 is 9.47 Å². The summed E-state index contributed by atoms with van der Waals surface area (Å²) >= 11 is 0. The van der Waals surface area contributed by atoms with Gasteiger partial charge in [-0.3, -0.25) is 9.59 Å². The largest absolute Gasteiger partial charge is 0.465 e. The van der Waals surface area contributed by atoms with E-state index in [1.807, 2.05) is 6.07 Å². The van der Waals surface area contributed by atoms with E-state index < -0.39 is 10.8 Å². The lowest BCUT2D eigenvalue weighted by Crippen LogP contribution is -2.55. The zero-order valence-electron chi connectivity index (χ0n) is 17.1. The van der Waals surface area contributed by atoms with Crippen molar-refractivity contribution < 1.29 is 19.1 Å². The average Bonchev–Trinajstić information content (AvgIpc) is 3.49. The Morgan fingerprint density at radius 3 is 1.77 bits per heavy atom. The van der Waals surface area contributed by atoms with Crippen molar-refractivity contribution in [2.45, 2.75) is 25.9 Å². The molecule has 160 valence electrons. The number of hydrogen-bond acceptors (Lipinski definition) is 6. The molecule has 2 unspecified atom stereocenters. The number of nitrogens with zero attached hydrogens (tertiary/aromatic N) is 3. The highest BCUT2D eigenvalue weighted by molar-refractivity contribution is 5.67. The molecule has 0 spiro atoms. The molecule has 1 aromatic heterocycles. The van der Waals surface area contributed by atoms with E-state index in [-0.39, 0.29) is 54.5 Å². The molecule has 4 aliphatic carbocycles. The Hall–Kier alpha value is -3.10. The molecule has 0 saturated heterocycles. The quantitative estimate of drug-likeness (QED) is 0.650. The van der Waals surface area contributed by atoms with Gasteiger partial charge in [-0.05, 0) is 35.8 Å². The van der Waals surface area contributed by atoms with Crippen molar-refractivity contribution in [3.63, 3.8) is 0 Å². The first-order valence-electron chi connectivity index (χ1n) is 10.7. The van der Waals surface area contributed by atoms with Gasteiger partial charge in [0, 0.05) is 24.7 Å². The Morgan fingerprint density at radius 2 is 1.32 bits per heavy atom. The summed E-state index contributed by atoms with van der Waals surface area (Å²) in [4.78, 5) is 50.4. The second kappa shape index (κ2) is 5.03. The van der Waals surface area contributed by atoms with Crippen LogP contribution in [0.3, 0.4) is 0 Å². The molecule has 4 saturated carbocycles. The van der Waals surface area contributed by atoms with Crippen LogP contribution in [-0.2, 0) is 19.1 Å². The first kappa shape index (κ1) is 17.6. The lowest BCUT2D eigenvalue weighted by atomic mass is 9.72. The highest BCUT2D eigenvalue weighted by Gasteiger charge is 3.04. The minimum absolute atomic E-state index is 0.187. The van der Waals surface area contributed by atoms with Crippen molar-refractivity contribution >= 4 is 11.9 Å². The van der Waals surface area contributed by atoms with Crippen LogP contribution in [0.15, 0.2) is 39.9 Å². The van der Waals surface area contributed by atoms with E-state index in [2.05, 4.69) is 0 Å². The van der Waals surface area contributed by atoms with E-state index in [0.717, 1.165) is 0 Å². The molecule has 9 nitrogen and oxygen atoms in total. The number of para-hydroxylation sites is 1. The van der Waals surface area contributed by atoms with E-state index in [1.165, 1.54) is 18.4 Å². The van der Waals surface area contributed by atoms with Crippen molar-refractivity contribution in [1.82, 2.24) is 13.9 Å². The molecule has 6 aliphatic rings. The summed E-state index contributed by atoms with van der Waals surface area (Å²) in [5.74, 6) is 0.461. The predicted molar refractivity (Wildman–Crippen MR) is 104 cm³/mol. The van der Waals surface area contributed by atoms with Crippen molar-refractivity contribution in [2.24, 2.45) is 34.5 Å². The molecule has 4 fully saturated rings. The van der Waals surface area contributed by atoms with Crippen molar-refractivity contribution in [1.29, 1.82) is 0 Å². The molecule has 31 heavy (non-hydrogen) atoms. The molecule has 0 radical (unpaired) electrons. The fourth-order valence-electron chi connectivity index (χ4n) is 8.25. The lowest BCUT2D eigenvalue weighted by molar-refractivity contribution is -0.153. The Labute approximate surface area is 176 Å². The zero-order valence-corrected chi connectivity index (χ0v) is 17.1. The maximum absolute atomic E-state index is 13.5. The topological polar surface area (TPSA) is 102 Å². The fraction of sp³-hybridized carbons (Fsp3) is 0.545. The SMILES string of the molecule is CC(=O)OC[C@]12C3C4[C@@H]5[C@H]4[C@@H](n4c(=O)n(-c6ccccc6)c(=O)n4[C@@H]51)[C@@]32COC(C)=O. The van der Waals surface area contributed by atoms with Crippen LogP contribution in [0.1, 0.15) is 25.9 Å². The van der Waals surface area contributed by atoms with E-state index in [1.54, 1.807) is 33.6 Å². The maximum atomic E-state index is 13.5. The summed E-state index contributed by atoms with van der Waals surface area (Å²) < 4.78 is 15.5. The standard InChI is InChI=1S/C22H21N3O6/c1-10(26)30-8-21-16-13-14-15(13)18(22(16,21)9-31-11(2)27)25-20(29)23(12-6-4-3-5-7-12)19(28)24(25)17(14)21/h3-7,13-18H,8-9H2,1-2H3/t13?,14-,15+,16?,17+,18-,21+,22-. The minimum Gasteiger partial charge on any atom is -0.465 e. The Bertz CT molecular complexity index is 1230. The van der Waals surface area contributed by atoms with Crippen LogP contribution < -0.4 is 11.4 Å². The van der Waals surface area contributed by atoms with Crippen molar-refractivity contribution in [2.75, 3.05) is 13.2 Å². The van der Waals surface area contributed by atoms with Gasteiger partial charge in [0.1, 0.15) is 13.2 Å². The summed E-state index contributed by atoms with van der Waals surface area (Å²) in [6.07, 6.45) is 0. The molecule has 2 bridgehead atoms. The van der Waals surface area contributed by atoms with E-state index in [9.17, 15) is 19.2 Å². The molecule has 2 aliphatic heterocycles. The number of esters is 2. The van der Waals surface area contributed by atoms with Crippen LogP contribution in [0.4, 0.5) is 0 Å². The molecule has 3 heterocycles. The normalized spacial score (nSPS) is 41.0. The first-order chi connectivity index (χ1) is 14.9. The van der Waals surface area contributed by atoms with Crippen LogP contribution in [0.5, 0.6) is 0 Å². The van der Waals surface area contributed by atoms with Crippen LogP contribution >= 0.6 is 0 Å². The molecule has 9 heteroatoms. The van der Waals surface area contributed by atoms with Crippen molar-refractivity contribution in [3.8, 4) is 5.69 Å². The molecule has 8 rings (SSSR count). The van der Waals surface area contributed by atoms with Gasteiger partial charge in [-0.1, -0.05) is 18.2 Å². The number of aromatic nitrogens is 3. The van der Waals surface area contributed by atoms with E-state index >= 15 is 0 Å². The van der Waals surface area contributed by atoms with Gasteiger partial charge >= 0.3 is 23.3 Å². The monoisotopic (exact) mass is 423 g/mol. The summed E-state index contributed by atoms with van der Waals surface area (Å²) in [5, 5.41) is 0. The van der Waals surface area contributed by atoms with Crippen LogP contribution in [-0.4, -0.2) is 39.1 Å². The highest BCUT2D eigenvalue weighted by atomic mass is 16.5. The van der Waals surface area contributed by atoms with Crippen LogP contribution in [0.25, 0.3) is 5.69 Å². The number of rotatable bonds is 5. The summed E-state index contributed by atoms with van der Waals surface area (Å²) in [6, 6.07) is 8.46. The first-order valence-corrected chi connectivity index (χ1v) is 10.7. The van der Waals surface area contributed by atoms with Crippen LogP contribution in [0.2, 0.25) is 0 Å². The van der Waals surface area contributed by atoms with Gasteiger partial charge in [-0.25, -0.2) is 23.5 Å². The van der Waals surface area contributed by atoms with E-state index in [4.69, 9.17) is 9.47 Å². The number of carbonyl (C=O) groups excluding carboxylic acids is 2. The molecular weight excluding hydrogens is 402 g/mol. The predicted octanol–water partition coefficient (Wildman–Crippen LogP) is 0.515. The second-order valence-corrected chi connectivity index (χ2v) is 9.67. The summed E-state index contributed by atoms with van der Waals surface area (Å²) in [5.41, 5.74) is -1.09. The fourth-order valence-corrected chi connectivity index (χ4v) is 8.25. The third kappa shape index (κ3) is 1.61. The van der Waals surface area contributed by atoms with Crippen LogP contribution in [0, 0.1) is 34.5 Å². The summed E-state index contributed by atoms with van der Waals surface area (Å²) in [7, 11) is 0. The second-order valence-electron chi connectivity index (χ2n) is 9.67. The minimum atomic E-state index is -0.456. The molecule has 0 N–H and O–H groups in total. The Kier molecular flexibility index (Phi) is 2.85. The van der Waals surface area contributed by atoms with Gasteiger partial charge in [0.25, 0.3) is 0 Å². The van der Waals surface area contributed by atoms with Gasteiger partial charge in [-0.15, -0.1) is 0 Å². The molecule has 1 aromatic carbocycles. The lowest BCUT2D eigenvalue weighted by Gasteiger charge is -2.47. The Morgan fingerprint density at radius 1 is 0.839 bits per heavy atom. The number of carbonyl (C=O) groups is 2. The highest BCUT2D eigenvalue weighted by Crippen LogP contribution is 3.02.